The van der Waals surface area contributed by atoms with Crippen LogP contribution in [0.4, 0.5) is 14.3 Å². The molecule has 1 aromatic heterocycles. The number of rotatable bonds is 4. The molecule has 1 aliphatic heterocycles. The molecular weight excluding hydrogens is 307 g/mol. The molecule has 1 atom stereocenters. The highest BCUT2D eigenvalue weighted by Crippen LogP contribution is 2.22. The van der Waals surface area contributed by atoms with Crippen LogP contribution in [-0.4, -0.2) is 29.5 Å². The third-order valence-electron chi connectivity index (χ3n) is 3.19. The minimum Gasteiger partial charge on any atom is -0.336 e. The SMILES string of the molecule is O=C1NC[C@H](C(=O)Nc2ncc(Cc3ccccc3F)s2)N1. The Morgan fingerprint density at radius 1 is 1.45 bits per heavy atom. The lowest BCUT2D eigenvalue weighted by Crippen LogP contribution is -2.38. The lowest BCUT2D eigenvalue weighted by molar-refractivity contribution is -0.117. The van der Waals surface area contributed by atoms with Gasteiger partial charge in [0.1, 0.15) is 11.9 Å². The van der Waals surface area contributed by atoms with E-state index in [0.29, 0.717) is 17.1 Å². The molecule has 2 aromatic rings. The Bertz CT molecular complexity index is 718. The van der Waals surface area contributed by atoms with Crippen molar-refractivity contribution in [3.8, 4) is 0 Å². The van der Waals surface area contributed by atoms with Crippen LogP contribution in [0, 0.1) is 5.82 Å². The molecule has 3 rings (SSSR count). The molecule has 8 heteroatoms. The molecule has 3 N–H and O–H groups in total. The maximum absolute atomic E-state index is 13.6. The summed E-state index contributed by atoms with van der Waals surface area (Å²) in [5.41, 5.74) is 0.580. The van der Waals surface area contributed by atoms with Gasteiger partial charge < -0.3 is 16.0 Å². The number of benzene rings is 1. The summed E-state index contributed by atoms with van der Waals surface area (Å²) in [6.07, 6.45) is 2.03. The van der Waals surface area contributed by atoms with E-state index >= 15 is 0 Å². The van der Waals surface area contributed by atoms with E-state index in [4.69, 9.17) is 0 Å². The Morgan fingerprint density at radius 2 is 2.27 bits per heavy atom. The number of aromatic nitrogens is 1. The monoisotopic (exact) mass is 320 g/mol. The van der Waals surface area contributed by atoms with Gasteiger partial charge in [-0.2, -0.15) is 0 Å². The van der Waals surface area contributed by atoms with Gasteiger partial charge in [-0.05, 0) is 11.6 Å². The van der Waals surface area contributed by atoms with Crippen LogP contribution in [-0.2, 0) is 11.2 Å². The third-order valence-corrected chi connectivity index (χ3v) is 4.11. The van der Waals surface area contributed by atoms with Crippen LogP contribution in [0.5, 0.6) is 0 Å². The normalized spacial score (nSPS) is 17.0. The first-order valence-corrected chi connectivity index (χ1v) is 7.47. The Hall–Kier alpha value is -2.48. The number of hydrogen-bond acceptors (Lipinski definition) is 4. The first-order valence-electron chi connectivity index (χ1n) is 6.65. The van der Waals surface area contributed by atoms with Gasteiger partial charge in [-0.15, -0.1) is 11.3 Å². The Labute approximate surface area is 129 Å². The van der Waals surface area contributed by atoms with E-state index in [1.54, 1.807) is 24.4 Å². The van der Waals surface area contributed by atoms with Crippen molar-refractivity contribution in [1.29, 1.82) is 0 Å². The summed E-state index contributed by atoms with van der Waals surface area (Å²) in [7, 11) is 0. The van der Waals surface area contributed by atoms with Crippen molar-refractivity contribution in [3.63, 3.8) is 0 Å². The van der Waals surface area contributed by atoms with Crippen LogP contribution in [0.3, 0.4) is 0 Å². The van der Waals surface area contributed by atoms with E-state index in [2.05, 4.69) is 20.9 Å². The highest BCUT2D eigenvalue weighted by Gasteiger charge is 2.27. The summed E-state index contributed by atoms with van der Waals surface area (Å²) in [5.74, 6) is -0.591. The fourth-order valence-electron chi connectivity index (χ4n) is 2.08. The number of nitrogens with zero attached hydrogens (tertiary/aromatic N) is 1. The van der Waals surface area contributed by atoms with Gasteiger partial charge in [-0.25, -0.2) is 14.2 Å². The molecule has 0 spiro atoms. The molecule has 3 amide bonds. The van der Waals surface area contributed by atoms with Crippen LogP contribution < -0.4 is 16.0 Å². The van der Waals surface area contributed by atoms with Gasteiger partial charge in [0.2, 0.25) is 0 Å². The zero-order chi connectivity index (χ0) is 15.5. The summed E-state index contributed by atoms with van der Waals surface area (Å²) in [6.45, 7) is 0.248. The second-order valence-corrected chi connectivity index (χ2v) is 5.91. The largest absolute Gasteiger partial charge is 0.336 e. The minimum atomic E-state index is -0.605. The summed E-state index contributed by atoms with van der Waals surface area (Å²) in [6, 6.07) is 5.58. The molecule has 1 saturated heterocycles. The molecule has 6 nitrogen and oxygen atoms in total. The smallest absolute Gasteiger partial charge is 0.315 e. The number of hydrogen-bond donors (Lipinski definition) is 3. The van der Waals surface area contributed by atoms with Crippen LogP contribution in [0.1, 0.15) is 10.4 Å². The molecule has 0 aliphatic carbocycles. The molecule has 0 saturated carbocycles. The highest BCUT2D eigenvalue weighted by atomic mass is 32.1. The molecule has 22 heavy (non-hydrogen) atoms. The summed E-state index contributed by atoms with van der Waals surface area (Å²) < 4.78 is 13.6. The molecule has 0 unspecified atom stereocenters. The van der Waals surface area contributed by atoms with Gasteiger partial charge in [-0.1, -0.05) is 18.2 Å². The van der Waals surface area contributed by atoms with Crippen molar-refractivity contribution in [1.82, 2.24) is 15.6 Å². The van der Waals surface area contributed by atoms with Gasteiger partial charge in [0.05, 0.1) is 0 Å². The van der Waals surface area contributed by atoms with Crippen molar-refractivity contribution in [2.45, 2.75) is 12.5 Å². The second kappa shape index (κ2) is 6.10. The van der Waals surface area contributed by atoms with Gasteiger partial charge in [0.15, 0.2) is 5.13 Å². The number of urea groups is 1. The number of carbonyl (C=O) groups excluding carboxylic acids is 2. The maximum atomic E-state index is 13.6. The van der Waals surface area contributed by atoms with Crippen molar-refractivity contribution in [2.24, 2.45) is 0 Å². The van der Waals surface area contributed by atoms with Crippen LogP contribution in [0.25, 0.3) is 0 Å². The quantitative estimate of drug-likeness (QED) is 0.798. The molecular formula is C14H13FN4O2S. The van der Waals surface area contributed by atoms with Crippen molar-refractivity contribution < 1.29 is 14.0 Å². The molecule has 114 valence electrons. The number of thiazole rings is 1. The first-order chi connectivity index (χ1) is 10.6. The zero-order valence-electron chi connectivity index (χ0n) is 11.4. The molecule has 0 bridgehead atoms. The average molecular weight is 320 g/mol. The lowest BCUT2D eigenvalue weighted by Gasteiger charge is -2.06. The van der Waals surface area contributed by atoms with Crippen LogP contribution >= 0.6 is 11.3 Å². The van der Waals surface area contributed by atoms with Crippen LogP contribution in [0.15, 0.2) is 30.5 Å². The second-order valence-electron chi connectivity index (χ2n) is 4.80. The highest BCUT2D eigenvalue weighted by molar-refractivity contribution is 7.15. The summed E-state index contributed by atoms with van der Waals surface area (Å²) in [4.78, 5) is 27.9. The number of carbonyl (C=O) groups is 2. The van der Waals surface area contributed by atoms with Crippen molar-refractivity contribution in [3.05, 3.63) is 46.7 Å². The first kappa shape index (κ1) is 14.5. The van der Waals surface area contributed by atoms with Gasteiger partial charge >= 0.3 is 6.03 Å². The van der Waals surface area contributed by atoms with Gasteiger partial charge in [0.25, 0.3) is 5.91 Å². The van der Waals surface area contributed by atoms with E-state index in [9.17, 15) is 14.0 Å². The van der Waals surface area contributed by atoms with Gasteiger partial charge in [0, 0.05) is 24.0 Å². The zero-order valence-corrected chi connectivity index (χ0v) is 12.2. The molecule has 1 aromatic carbocycles. The number of amides is 3. The van der Waals surface area contributed by atoms with E-state index in [-0.39, 0.29) is 24.3 Å². The number of anilines is 1. The molecule has 1 fully saturated rings. The van der Waals surface area contributed by atoms with Crippen LogP contribution in [0.2, 0.25) is 0 Å². The molecule has 2 heterocycles. The topological polar surface area (TPSA) is 83.1 Å². The minimum absolute atomic E-state index is 0.248. The van der Waals surface area contributed by atoms with E-state index in [1.807, 2.05) is 0 Å². The molecule has 0 radical (unpaired) electrons. The predicted octanol–water partition coefficient (Wildman–Crippen LogP) is 1.49. The molecule has 1 aliphatic rings. The van der Waals surface area contributed by atoms with E-state index in [1.165, 1.54) is 17.4 Å². The lowest BCUT2D eigenvalue weighted by atomic mass is 10.1. The maximum Gasteiger partial charge on any atom is 0.315 e. The Balaban J connectivity index is 1.63. The number of halogens is 1. The standard InChI is InChI=1S/C14H13FN4O2S/c15-10-4-2-1-3-8(10)5-9-6-17-14(22-9)19-12(20)11-7-16-13(21)18-11/h1-4,6,11H,5,7H2,(H2,16,18,21)(H,17,19,20)/t11-/m1/s1. The van der Waals surface area contributed by atoms with Crippen molar-refractivity contribution >= 4 is 28.4 Å². The van der Waals surface area contributed by atoms with E-state index in [0.717, 1.165) is 4.88 Å². The summed E-state index contributed by atoms with van der Waals surface area (Å²) in [5, 5.41) is 8.08. The Kier molecular flexibility index (Phi) is 4.01. The summed E-state index contributed by atoms with van der Waals surface area (Å²) >= 11 is 1.28. The Morgan fingerprint density at radius 3 is 3.00 bits per heavy atom. The van der Waals surface area contributed by atoms with E-state index < -0.39 is 6.04 Å². The fourth-order valence-corrected chi connectivity index (χ4v) is 2.92. The number of nitrogens with one attached hydrogen (secondary N) is 3. The van der Waals surface area contributed by atoms with Crippen molar-refractivity contribution in [2.75, 3.05) is 11.9 Å². The third kappa shape index (κ3) is 3.22. The average Bonchev–Trinajstić information content (AvgIpc) is 3.11. The fraction of sp³-hybridized carbons (Fsp3) is 0.214. The van der Waals surface area contributed by atoms with Gasteiger partial charge in [-0.3, -0.25) is 4.79 Å². The predicted molar refractivity (Wildman–Crippen MR) is 80.3 cm³/mol.